The third kappa shape index (κ3) is 3.09. The molecule has 4 aromatic rings. The lowest BCUT2D eigenvalue weighted by Crippen LogP contribution is -2.34. The van der Waals surface area contributed by atoms with Crippen LogP contribution in [0.1, 0.15) is 11.3 Å². The van der Waals surface area contributed by atoms with Gasteiger partial charge in [0.25, 0.3) is 0 Å². The zero-order valence-electron chi connectivity index (χ0n) is 15.3. The van der Waals surface area contributed by atoms with Gasteiger partial charge in [0.15, 0.2) is 6.20 Å². The van der Waals surface area contributed by atoms with Crippen LogP contribution in [-0.2, 0) is 15.6 Å². The smallest absolute Gasteiger partial charge is 0.226 e. The molecular weight excluding hydrogens is 380 g/mol. The van der Waals surface area contributed by atoms with E-state index in [0.717, 1.165) is 5.69 Å². The molecule has 144 valence electrons. The average Bonchev–Trinajstić information content (AvgIpc) is 3.34. The van der Waals surface area contributed by atoms with Crippen molar-refractivity contribution in [2.75, 3.05) is 7.11 Å². The third-order valence-corrected chi connectivity index (χ3v) is 6.05. The number of nitrogens with one attached hydrogen (secondary N) is 1. The van der Waals surface area contributed by atoms with E-state index in [-0.39, 0.29) is 10.9 Å². The van der Waals surface area contributed by atoms with Gasteiger partial charge in [-0.15, -0.1) is 0 Å². The topological polar surface area (TPSA) is 104 Å². The standard InChI is InChI=1S/C19H18N4O4S/c1-13-17(23(24)10-7-18(13)27-2)12-28(25,26)19-20-15-6-5-14(11-16(15)21-19)22-8-3-4-9-22/h3-11H,12H2,1-2H3,(H,20,21). The van der Waals surface area contributed by atoms with Crippen molar-refractivity contribution in [3.05, 3.63) is 71.5 Å². The summed E-state index contributed by atoms with van der Waals surface area (Å²) in [5.74, 6) is -0.0256. The molecule has 0 radical (unpaired) electrons. The van der Waals surface area contributed by atoms with Crippen molar-refractivity contribution in [2.24, 2.45) is 0 Å². The Kier molecular flexibility index (Phi) is 4.31. The van der Waals surface area contributed by atoms with Crippen LogP contribution in [0.2, 0.25) is 0 Å². The zero-order chi connectivity index (χ0) is 19.9. The lowest BCUT2D eigenvalue weighted by atomic mass is 10.2. The SMILES string of the molecule is COc1cc[n+]([O-])c(CS(=O)(=O)c2nc3ccc(-n4cccc4)cc3[nH]2)c1C. The fourth-order valence-corrected chi connectivity index (χ4v) is 4.43. The van der Waals surface area contributed by atoms with Crippen molar-refractivity contribution in [2.45, 2.75) is 17.8 Å². The minimum atomic E-state index is -3.86. The number of aromatic amines is 1. The second-order valence-corrected chi connectivity index (χ2v) is 8.28. The fraction of sp³-hybridized carbons (Fsp3) is 0.158. The molecule has 0 bridgehead atoms. The van der Waals surface area contributed by atoms with Crippen LogP contribution in [0.4, 0.5) is 0 Å². The van der Waals surface area contributed by atoms with Crippen LogP contribution in [0.3, 0.4) is 0 Å². The highest BCUT2D eigenvalue weighted by molar-refractivity contribution is 7.90. The van der Waals surface area contributed by atoms with Crippen molar-refractivity contribution in [3.8, 4) is 11.4 Å². The minimum Gasteiger partial charge on any atom is -0.618 e. The first-order valence-corrected chi connectivity index (χ1v) is 10.2. The summed E-state index contributed by atoms with van der Waals surface area (Å²) in [6.45, 7) is 1.65. The van der Waals surface area contributed by atoms with E-state index < -0.39 is 15.6 Å². The van der Waals surface area contributed by atoms with Gasteiger partial charge in [0.2, 0.25) is 20.7 Å². The van der Waals surface area contributed by atoms with Gasteiger partial charge < -0.3 is 19.5 Å². The first kappa shape index (κ1) is 18.1. The number of nitrogens with zero attached hydrogens (tertiary/aromatic N) is 3. The predicted molar refractivity (Wildman–Crippen MR) is 103 cm³/mol. The second-order valence-electron chi connectivity index (χ2n) is 6.37. The lowest BCUT2D eigenvalue weighted by molar-refractivity contribution is -0.613. The quantitative estimate of drug-likeness (QED) is 0.410. The van der Waals surface area contributed by atoms with E-state index in [2.05, 4.69) is 9.97 Å². The van der Waals surface area contributed by atoms with E-state index in [4.69, 9.17) is 4.74 Å². The molecule has 0 atom stereocenters. The average molecular weight is 398 g/mol. The van der Waals surface area contributed by atoms with Crippen LogP contribution >= 0.6 is 0 Å². The number of hydrogen-bond acceptors (Lipinski definition) is 5. The maximum Gasteiger partial charge on any atom is 0.226 e. The van der Waals surface area contributed by atoms with Crippen LogP contribution in [-0.4, -0.2) is 30.1 Å². The Bertz CT molecular complexity index is 1260. The summed E-state index contributed by atoms with van der Waals surface area (Å²) in [4.78, 5) is 7.08. The molecule has 4 rings (SSSR count). The number of benzene rings is 1. The molecule has 0 unspecified atom stereocenters. The van der Waals surface area contributed by atoms with E-state index in [1.807, 2.05) is 41.2 Å². The van der Waals surface area contributed by atoms with Gasteiger partial charge in [-0.05, 0) is 37.3 Å². The highest BCUT2D eigenvalue weighted by atomic mass is 32.2. The highest BCUT2D eigenvalue weighted by Gasteiger charge is 2.27. The van der Waals surface area contributed by atoms with Gasteiger partial charge >= 0.3 is 0 Å². The first-order valence-electron chi connectivity index (χ1n) is 8.50. The Morgan fingerprint density at radius 1 is 1.25 bits per heavy atom. The molecule has 9 heteroatoms. The number of ether oxygens (including phenoxy) is 1. The summed E-state index contributed by atoms with van der Waals surface area (Å²) in [6, 6.07) is 10.7. The molecule has 0 aliphatic heterocycles. The Morgan fingerprint density at radius 3 is 2.71 bits per heavy atom. The van der Waals surface area contributed by atoms with Crippen molar-refractivity contribution >= 4 is 20.9 Å². The Balaban J connectivity index is 1.73. The van der Waals surface area contributed by atoms with Gasteiger partial charge in [-0.3, -0.25) is 0 Å². The molecule has 1 aromatic carbocycles. The maximum atomic E-state index is 12.9. The molecule has 0 saturated heterocycles. The number of pyridine rings is 1. The molecule has 0 aliphatic rings. The van der Waals surface area contributed by atoms with Gasteiger partial charge in [-0.1, -0.05) is 0 Å². The van der Waals surface area contributed by atoms with Gasteiger partial charge in [0.1, 0.15) is 11.5 Å². The van der Waals surface area contributed by atoms with E-state index in [9.17, 15) is 13.6 Å². The number of methoxy groups -OCH3 is 1. The van der Waals surface area contributed by atoms with Crippen molar-refractivity contribution in [1.82, 2.24) is 14.5 Å². The maximum absolute atomic E-state index is 12.9. The van der Waals surface area contributed by atoms with Crippen LogP contribution in [0, 0.1) is 12.1 Å². The summed E-state index contributed by atoms with van der Waals surface area (Å²) in [6.07, 6.45) is 5.03. The summed E-state index contributed by atoms with van der Waals surface area (Å²) < 4.78 is 33.4. The molecule has 8 nitrogen and oxygen atoms in total. The van der Waals surface area contributed by atoms with Crippen LogP contribution in [0.5, 0.6) is 5.75 Å². The molecule has 0 saturated carbocycles. The molecule has 28 heavy (non-hydrogen) atoms. The molecule has 1 N–H and O–H groups in total. The van der Waals surface area contributed by atoms with Crippen LogP contribution in [0.25, 0.3) is 16.7 Å². The Labute approximate surface area is 161 Å². The summed E-state index contributed by atoms with van der Waals surface area (Å²) >= 11 is 0. The highest BCUT2D eigenvalue weighted by Crippen LogP contribution is 2.23. The van der Waals surface area contributed by atoms with Crippen molar-refractivity contribution in [3.63, 3.8) is 0 Å². The minimum absolute atomic E-state index is 0.104. The molecule has 0 aliphatic carbocycles. The normalized spacial score (nSPS) is 11.8. The fourth-order valence-electron chi connectivity index (χ4n) is 3.09. The monoisotopic (exact) mass is 398 g/mol. The van der Waals surface area contributed by atoms with Gasteiger partial charge in [0, 0.05) is 24.1 Å². The molecule has 0 amide bonds. The van der Waals surface area contributed by atoms with Gasteiger partial charge in [-0.2, -0.15) is 4.73 Å². The number of aromatic nitrogens is 4. The molecule has 3 aromatic heterocycles. The number of rotatable bonds is 5. The number of imidazole rings is 1. The Morgan fingerprint density at radius 2 is 2.00 bits per heavy atom. The summed E-state index contributed by atoms with van der Waals surface area (Å²) in [7, 11) is -2.39. The number of hydrogen-bond donors (Lipinski definition) is 1. The van der Waals surface area contributed by atoms with Crippen molar-refractivity contribution < 1.29 is 17.9 Å². The van der Waals surface area contributed by atoms with Gasteiger partial charge in [0.05, 0.1) is 23.7 Å². The molecule has 3 heterocycles. The van der Waals surface area contributed by atoms with Crippen LogP contribution in [0.15, 0.2) is 60.1 Å². The summed E-state index contributed by atoms with van der Waals surface area (Å²) in [5, 5.41) is 12.0. The second kappa shape index (κ2) is 6.68. The third-order valence-electron chi connectivity index (χ3n) is 4.62. The van der Waals surface area contributed by atoms with E-state index in [0.29, 0.717) is 27.1 Å². The lowest BCUT2D eigenvalue weighted by Gasteiger charge is -2.10. The van der Waals surface area contributed by atoms with E-state index in [1.165, 1.54) is 19.4 Å². The zero-order valence-corrected chi connectivity index (χ0v) is 16.1. The summed E-state index contributed by atoms with van der Waals surface area (Å²) in [5.41, 5.74) is 2.60. The molecule has 0 fully saturated rings. The first-order chi connectivity index (χ1) is 13.4. The number of sulfone groups is 1. The number of H-pyrrole nitrogens is 1. The number of fused-ring (bicyclic) bond motifs is 1. The van der Waals surface area contributed by atoms with Crippen molar-refractivity contribution in [1.29, 1.82) is 0 Å². The largest absolute Gasteiger partial charge is 0.618 e. The van der Waals surface area contributed by atoms with E-state index >= 15 is 0 Å². The van der Waals surface area contributed by atoms with Crippen LogP contribution < -0.4 is 9.47 Å². The predicted octanol–water partition coefficient (Wildman–Crippen LogP) is 2.28. The molecular formula is C19H18N4O4S. The molecule has 0 spiro atoms. The van der Waals surface area contributed by atoms with E-state index in [1.54, 1.807) is 13.0 Å². The Hall–Kier alpha value is -3.33. The van der Waals surface area contributed by atoms with Gasteiger partial charge in [-0.25, -0.2) is 13.4 Å².